The summed E-state index contributed by atoms with van der Waals surface area (Å²) >= 11 is 11.6. The average Bonchev–Trinajstić information content (AvgIpc) is 2.28. The molecule has 0 aliphatic heterocycles. The van der Waals surface area contributed by atoms with Crippen molar-refractivity contribution in [2.45, 2.75) is 19.4 Å². The molecule has 1 aromatic rings. The van der Waals surface area contributed by atoms with E-state index in [-0.39, 0.29) is 29.4 Å². The summed E-state index contributed by atoms with van der Waals surface area (Å²) in [6.45, 7) is 1.71. The quantitative estimate of drug-likeness (QED) is 0.867. The fourth-order valence-corrected chi connectivity index (χ4v) is 1.85. The number of hydrogen-bond donors (Lipinski definition) is 1. The van der Waals surface area contributed by atoms with Crippen LogP contribution < -0.4 is 5.32 Å². The maximum atomic E-state index is 11.9. The lowest BCUT2D eigenvalue weighted by Crippen LogP contribution is -2.34. The number of benzene rings is 1. The van der Waals surface area contributed by atoms with Crippen molar-refractivity contribution in [2.75, 3.05) is 7.11 Å². The van der Waals surface area contributed by atoms with Gasteiger partial charge >= 0.3 is 5.97 Å². The van der Waals surface area contributed by atoms with Gasteiger partial charge in [-0.2, -0.15) is 0 Å². The van der Waals surface area contributed by atoms with E-state index in [1.165, 1.54) is 19.2 Å². The third-order valence-electron chi connectivity index (χ3n) is 2.25. The van der Waals surface area contributed by atoms with Gasteiger partial charge < -0.3 is 10.1 Å². The van der Waals surface area contributed by atoms with Crippen LogP contribution in [0.25, 0.3) is 0 Å². The highest BCUT2D eigenvalue weighted by Gasteiger charge is 2.15. The maximum absolute atomic E-state index is 11.9. The molecule has 4 nitrogen and oxygen atoms in total. The maximum Gasteiger partial charge on any atom is 0.307 e. The summed E-state index contributed by atoms with van der Waals surface area (Å²) in [5, 5.41) is 3.38. The summed E-state index contributed by atoms with van der Waals surface area (Å²) in [5.74, 6) is -0.738. The minimum absolute atomic E-state index is 0.105. The van der Waals surface area contributed by atoms with Gasteiger partial charge in [0.1, 0.15) is 0 Å². The van der Waals surface area contributed by atoms with E-state index in [1.807, 2.05) is 0 Å². The van der Waals surface area contributed by atoms with Crippen molar-refractivity contribution in [3.8, 4) is 0 Å². The van der Waals surface area contributed by atoms with Crippen LogP contribution in [0.5, 0.6) is 0 Å². The van der Waals surface area contributed by atoms with Crippen molar-refractivity contribution in [2.24, 2.45) is 0 Å². The minimum Gasteiger partial charge on any atom is -0.469 e. The molecule has 1 amide bonds. The van der Waals surface area contributed by atoms with Crippen molar-refractivity contribution < 1.29 is 14.3 Å². The molecule has 0 heterocycles. The SMILES string of the molecule is COC(=O)CC(C)NC(=O)c1ccc(Cl)cc1Cl. The Kier molecular flexibility index (Phi) is 5.44. The van der Waals surface area contributed by atoms with Crippen LogP contribution in [0.2, 0.25) is 10.0 Å². The first-order valence-electron chi connectivity index (χ1n) is 5.26. The Labute approximate surface area is 115 Å². The lowest BCUT2D eigenvalue weighted by Gasteiger charge is -2.13. The summed E-state index contributed by atoms with van der Waals surface area (Å²) in [7, 11) is 1.30. The minimum atomic E-state index is -0.384. The summed E-state index contributed by atoms with van der Waals surface area (Å²) in [5.41, 5.74) is 0.317. The Morgan fingerprint density at radius 1 is 1.39 bits per heavy atom. The average molecular weight is 290 g/mol. The molecule has 1 atom stereocenters. The second-order valence-corrected chi connectivity index (χ2v) is 4.62. The Morgan fingerprint density at radius 2 is 2.06 bits per heavy atom. The Bertz CT molecular complexity index is 463. The highest BCUT2D eigenvalue weighted by molar-refractivity contribution is 6.36. The van der Waals surface area contributed by atoms with Gasteiger partial charge in [-0.1, -0.05) is 23.2 Å². The Hall–Kier alpha value is -1.26. The molecular weight excluding hydrogens is 277 g/mol. The molecule has 1 N–H and O–H groups in total. The molecule has 6 heteroatoms. The molecule has 18 heavy (non-hydrogen) atoms. The highest BCUT2D eigenvalue weighted by Crippen LogP contribution is 2.20. The van der Waals surface area contributed by atoms with E-state index in [0.29, 0.717) is 10.6 Å². The van der Waals surface area contributed by atoms with Gasteiger partial charge in [-0.15, -0.1) is 0 Å². The number of esters is 1. The first kappa shape index (κ1) is 14.8. The molecule has 1 rings (SSSR count). The standard InChI is InChI=1S/C12H13Cl2NO3/c1-7(5-11(16)18-2)15-12(17)9-4-3-8(13)6-10(9)14/h3-4,6-7H,5H2,1-2H3,(H,15,17). The van der Waals surface area contributed by atoms with Crippen LogP contribution in [0.4, 0.5) is 0 Å². The van der Waals surface area contributed by atoms with Gasteiger partial charge in [-0.05, 0) is 25.1 Å². The fraction of sp³-hybridized carbons (Fsp3) is 0.333. The van der Waals surface area contributed by atoms with Crippen molar-refractivity contribution in [3.05, 3.63) is 33.8 Å². The van der Waals surface area contributed by atoms with E-state index in [0.717, 1.165) is 0 Å². The topological polar surface area (TPSA) is 55.4 Å². The number of amides is 1. The number of methoxy groups -OCH3 is 1. The lowest BCUT2D eigenvalue weighted by atomic mass is 10.1. The number of carbonyl (C=O) groups excluding carboxylic acids is 2. The number of carbonyl (C=O) groups is 2. The molecule has 0 spiro atoms. The zero-order chi connectivity index (χ0) is 13.7. The molecule has 1 unspecified atom stereocenters. The number of nitrogens with one attached hydrogen (secondary N) is 1. The zero-order valence-electron chi connectivity index (χ0n) is 10.00. The molecule has 0 radical (unpaired) electrons. The molecule has 98 valence electrons. The van der Waals surface area contributed by atoms with E-state index in [4.69, 9.17) is 23.2 Å². The second-order valence-electron chi connectivity index (χ2n) is 3.78. The molecule has 0 aromatic heterocycles. The molecule has 0 aliphatic rings. The lowest BCUT2D eigenvalue weighted by molar-refractivity contribution is -0.141. The summed E-state index contributed by atoms with van der Waals surface area (Å²) in [6.07, 6.45) is 0.105. The van der Waals surface area contributed by atoms with Crippen LogP contribution >= 0.6 is 23.2 Å². The first-order chi connectivity index (χ1) is 8.43. The van der Waals surface area contributed by atoms with Gasteiger partial charge in [0, 0.05) is 11.1 Å². The van der Waals surface area contributed by atoms with E-state index in [9.17, 15) is 9.59 Å². The van der Waals surface area contributed by atoms with Crippen molar-refractivity contribution in [3.63, 3.8) is 0 Å². The van der Waals surface area contributed by atoms with E-state index in [2.05, 4.69) is 10.1 Å². The normalized spacial score (nSPS) is 11.8. The molecule has 0 fully saturated rings. The fourth-order valence-electron chi connectivity index (χ4n) is 1.36. The smallest absolute Gasteiger partial charge is 0.307 e. The molecule has 0 saturated carbocycles. The first-order valence-corrected chi connectivity index (χ1v) is 6.02. The predicted octanol–water partition coefficient (Wildman–Crippen LogP) is 2.67. The number of ether oxygens (including phenoxy) is 1. The number of hydrogen-bond acceptors (Lipinski definition) is 3. The van der Waals surface area contributed by atoms with Crippen LogP contribution in [-0.2, 0) is 9.53 Å². The van der Waals surface area contributed by atoms with Gasteiger partial charge in [-0.3, -0.25) is 9.59 Å². The third-order valence-corrected chi connectivity index (χ3v) is 2.80. The van der Waals surface area contributed by atoms with E-state index in [1.54, 1.807) is 13.0 Å². The van der Waals surface area contributed by atoms with Gasteiger partial charge in [0.25, 0.3) is 5.91 Å². The van der Waals surface area contributed by atoms with Gasteiger partial charge in [-0.25, -0.2) is 0 Å². The van der Waals surface area contributed by atoms with Crippen molar-refractivity contribution in [1.29, 1.82) is 0 Å². The van der Waals surface area contributed by atoms with E-state index >= 15 is 0 Å². The van der Waals surface area contributed by atoms with Crippen LogP contribution in [-0.4, -0.2) is 25.0 Å². The van der Waals surface area contributed by atoms with E-state index < -0.39 is 0 Å². The van der Waals surface area contributed by atoms with Gasteiger partial charge in [0.05, 0.1) is 24.1 Å². The van der Waals surface area contributed by atoms with Gasteiger partial charge in [0.2, 0.25) is 0 Å². The Balaban J connectivity index is 2.67. The highest BCUT2D eigenvalue weighted by atomic mass is 35.5. The Morgan fingerprint density at radius 3 is 2.61 bits per heavy atom. The summed E-state index contributed by atoms with van der Waals surface area (Å²) in [6, 6.07) is 4.26. The number of halogens is 2. The van der Waals surface area contributed by atoms with Crippen LogP contribution in [0, 0.1) is 0 Å². The van der Waals surface area contributed by atoms with Crippen LogP contribution in [0.3, 0.4) is 0 Å². The number of rotatable bonds is 4. The second kappa shape index (κ2) is 6.61. The van der Waals surface area contributed by atoms with Crippen molar-refractivity contribution in [1.82, 2.24) is 5.32 Å². The predicted molar refractivity (Wildman–Crippen MR) is 70.0 cm³/mol. The summed E-state index contributed by atoms with van der Waals surface area (Å²) in [4.78, 5) is 22.9. The summed E-state index contributed by atoms with van der Waals surface area (Å²) < 4.78 is 4.51. The largest absolute Gasteiger partial charge is 0.469 e. The zero-order valence-corrected chi connectivity index (χ0v) is 11.5. The van der Waals surface area contributed by atoms with Crippen molar-refractivity contribution >= 4 is 35.1 Å². The molecule has 0 aliphatic carbocycles. The third kappa shape index (κ3) is 4.20. The molecule has 0 bridgehead atoms. The van der Waals surface area contributed by atoms with Crippen LogP contribution in [0.1, 0.15) is 23.7 Å². The molecule has 1 aromatic carbocycles. The monoisotopic (exact) mass is 289 g/mol. The molecule has 0 saturated heterocycles. The van der Waals surface area contributed by atoms with Gasteiger partial charge in [0.15, 0.2) is 0 Å². The molecular formula is C12H13Cl2NO3. The van der Waals surface area contributed by atoms with Crippen LogP contribution in [0.15, 0.2) is 18.2 Å².